The van der Waals surface area contributed by atoms with Crippen molar-refractivity contribution in [2.45, 2.75) is 16.4 Å². The van der Waals surface area contributed by atoms with Crippen LogP contribution in [0.4, 0.5) is 13.2 Å². The summed E-state index contributed by atoms with van der Waals surface area (Å²) in [5, 5.41) is 20.9. The second-order valence-corrected chi connectivity index (χ2v) is 6.86. The van der Waals surface area contributed by atoms with Gasteiger partial charge in [-0.2, -0.15) is 0 Å². The van der Waals surface area contributed by atoms with Gasteiger partial charge in [0.15, 0.2) is 10.7 Å². The molecule has 0 fully saturated rings. The molecule has 2 N–H and O–H groups in total. The van der Waals surface area contributed by atoms with E-state index >= 15 is 0 Å². The van der Waals surface area contributed by atoms with Crippen molar-refractivity contribution in [3.05, 3.63) is 34.3 Å². The van der Waals surface area contributed by atoms with Gasteiger partial charge >= 0.3 is 12.3 Å². The number of carboxylic acids is 1. The van der Waals surface area contributed by atoms with Gasteiger partial charge in [-0.05, 0) is 30.0 Å². The lowest BCUT2D eigenvalue weighted by Gasteiger charge is -2.10. The Morgan fingerprint density at radius 2 is 2.15 bits per heavy atom. The maximum Gasteiger partial charge on any atom is 0.573 e. The Kier molecular flexibility index (Phi) is 5.07. The molecule has 0 saturated carbocycles. The van der Waals surface area contributed by atoms with Crippen LogP contribution in [0.25, 0.3) is 10.6 Å². The highest BCUT2D eigenvalue weighted by molar-refractivity contribution is 7.99. The highest BCUT2D eigenvalue weighted by Gasteiger charge is 2.32. The molecule has 0 bridgehead atoms. The van der Waals surface area contributed by atoms with Gasteiger partial charge < -0.3 is 9.84 Å². The molecule has 1 aromatic carbocycles. The number of carboxylic acid groups (broad SMARTS) is 1. The van der Waals surface area contributed by atoms with Crippen LogP contribution < -0.4 is 4.74 Å². The number of ether oxygens (including phenoxy) is 1. The van der Waals surface area contributed by atoms with Crippen LogP contribution in [0.3, 0.4) is 0 Å². The van der Waals surface area contributed by atoms with Gasteiger partial charge in [-0.15, -0.1) is 29.6 Å². The third-order valence-electron chi connectivity index (χ3n) is 2.82. The van der Waals surface area contributed by atoms with E-state index in [0.29, 0.717) is 15.6 Å². The van der Waals surface area contributed by atoms with Crippen LogP contribution in [0, 0.1) is 0 Å². The molecular formula is C13H6ClF3N4O3S2. The standard InChI is InChI=1S/C13H6ClF3N4O3S2/c14-6-3-5(1-2-7(6)24-13(15,16)17)10-18-8(4-25-10)26-11-9(12(22)23)19-21-20-11/h1-4H,(H,22,23)(H,19,20,21). The number of rotatable bonds is 5. The number of aromatic amines is 1. The zero-order valence-electron chi connectivity index (χ0n) is 12.2. The van der Waals surface area contributed by atoms with E-state index in [0.717, 1.165) is 17.8 Å². The summed E-state index contributed by atoms with van der Waals surface area (Å²) in [6.45, 7) is 0. The fourth-order valence-electron chi connectivity index (χ4n) is 1.81. The van der Waals surface area contributed by atoms with Crippen molar-refractivity contribution in [2.24, 2.45) is 0 Å². The molecule has 0 aliphatic heterocycles. The molecule has 3 rings (SSSR count). The van der Waals surface area contributed by atoms with Crippen molar-refractivity contribution in [1.82, 2.24) is 20.4 Å². The van der Waals surface area contributed by atoms with E-state index < -0.39 is 18.1 Å². The molecule has 0 radical (unpaired) electrons. The molecule has 2 aromatic heterocycles. The number of hydrogen-bond acceptors (Lipinski definition) is 7. The normalized spacial score (nSPS) is 11.5. The van der Waals surface area contributed by atoms with Gasteiger partial charge in [0.2, 0.25) is 0 Å². The smallest absolute Gasteiger partial charge is 0.476 e. The van der Waals surface area contributed by atoms with Crippen molar-refractivity contribution in [1.29, 1.82) is 0 Å². The monoisotopic (exact) mass is 422 g/mol. The van der Waals surface area contributed by atoms with E-state index in [-0.39, 0.29) is 15.7 Å². The summed E-state index contributed by atoms with van der Waals surface area (Å²) >= 11 is 8.02. The lowest BCUT2D eigenvalue weighted by molar-refractivity contribution is -0.274. The van der Waals surface area contributed by atoms with Crippen LogP contribution in [0.15, 0.2) is 33.6 Å². The molecule has 0 aliphatic carbocycles. The van der Waals surface area contributed by atoms with E-state index in [1.807, 2.05) is 0 Å². The third-order valence-corrected chi connectivity index (χ3v) is 5.05. The van der Waals surface area contributed by atoms with E-state index in [9.17, 15) is 18.0 Å². The molecule has 0 spiro atoms. The van der Waals surface area contributed by atoms with Gasteiger partial charge in [-0.1, -0.05) is 16.8 Å². The number of thiazole rings is 1. The summed E-state index contributed by atoms with van der Waals surface area (Å²) in [6.07, 6.45) is -4.84. The Morgan fingerprint density at radius 1 is 1.38 bits per heavy atom. The van der Waals surface area contributed by atoms with Crippen molar-refractivity contribution < 1.29 is 27.8 Å². The molecule has 0 amide bonds. The first-order valence-corrected chi connectivity index (χ1v) is 8.64. The number of nitrogens with one attached hydrogen (secondary N) is 1. The lowest BCUT2D eigenvalue weighted by Crippen LogP contribution is -2.17. The predicted molar refractivity (Wildman–Crippen MR) is 86.7 cm³/mol. The third kappa shape index (κ3) is 4.26. The number of nitrogens with zero attached hydrogens (tertiary/aromatic N) is 3. The maximum absolute atomic E-state index is 12.3. The van der Waals surface area contributed by atoms with E-state index in [1.165, 1.54) is 23.5 Å². The molecule has 0 saturated heterocycles. The van der Waals surface area contributed by atoms with Gasteiger partial charge in [0.25, 0.3) is 0 Å². The Bertz CT molecular complexity index is 960. The first-order chi connectivity index (χ1) is 12.2. The molecule has 3 aromatic rings. The van der Waals surface area contributed by atoms with E-state index in [1.54, 1.807) is 5.38 Å². The van der Waals surface area contributed by atoms with Crippen LogP contribution in [0.1, 0.15) is 10.5 Å². The Labute approximate surface area is 156 Å². The van der Waals surface area contributed by atoms with Gasteiger partial charge in [0.05, 0.1) is 5.02 Å². The minimum atomic E-state index is -4.84. The SMILES string of the molecule is O=C(O)c1[nH]nnc1Sc1csc(-c2ccc(OC(F)(F)F)c(Cl)c2)n1. The lowest BCUT2D eigenvalue weighted by atomic mass is 10.2. The summed E-state index contributed by atoms with van der Waals surface area (Å²) < 4.78 is 40.6. The van der Waals surface area contributed by atoms with Crippen LogP contribution in [0.5, 0.6) is 5.75 Å². The Balaban J connectivity index is 1.80. The quantitative estimate of drug-likeness (QED) is 0.631. The maximum atomic E-state index is 12.3. The largest absolute Gasteiger partial charge is 0.573 e. The number of benzene rings is 1. The number of carbonyl (C=O) groups is 1. The number of H-pyrrole nitrogens is 1. The average molecular weight is 423 g/mol. The van der Waals surface area contributed by atoms with Crippen molar-refractivity contribution in [3.8, 4) is 16.3 Å². The number of aromatic carboxylic acids is 1. The second-order valence-electron chi connectivity index (χ2n) is 4.58. The van der Waals surface area contributed by atoms with Gasteiger partial charge in [0.1, 0.15) is 15.8 Å². The minimum Gasteiger partial charge on any atom is -0.476 e. The van der Waals surface area contributed by atoms with E-state index in [4.69, 9.17) is 16.7 Å². The van der Waals surface area contributed by atoms with E-state index in [2.05, 4.69) is 25.1 Å². The van der Waals surface area contributed by atoms with Gasteiger partial charge in [-0.25, -0.2) is 9.78 Å². The molecule has 0 aliphatic rings. The first kappa shape index (κ1) is 18.5. The summed E-state index contributed by atoms with van der Waals surface area (Å²) in [7, 11) is 0. The summed E-state index contributed by atoms with van der Waals surface area (Å²) in [4.78, 5) is 15.3. The first-order valence-electron chi connectivity index (χ1n) is 6.56. The summed E-state index contributed by atoms with van der Waals surface area (Å²) in [6, 6.07) is 3.78. The predicted octanol–water partition coefficient (Wildman–Crippen LogP) is 4.33. The zero-order valence-corrected chi connectivity index (χ0v) is 14.6. The minimum absolute atomic E-state index is 0.140. The van der Waals surface area contributed by atoms with Crippen molar-refractivity contribution in [3.63, 3.8) is 0 Å². The average Bonchev–Trinajstić information content (AvgIpc) is 3.18. The molecule has 7 nitrogen and oxygen atoms in total. The summed E-state index contributed by atoms with van der Waals surface area (Å²) in [5.74, 6) is -1.72. The topological polar surface area (TPSA) is 101 Å². The molecular weight excluding hydrogens is 417 g/mol. The fraction of sp³-hybridized carbons (Fsp3) is 0.0769. The number of hydrogen-bond donors (Lipinski definition) is 2. The molecule has 13 heteroatoms. The van der Waals surface area contributed by atoms with Crippen LogP contribution in [-0.4, -0.2) is 37.8 Å². The highest BCUT2D eigenvalue weighted by atomic mass is 35.5. The van der Waals surface area contributed by atoms with Gasteiger partial charge in [0, 0.05) is 10.9 Å². The molecule has 26 heavy (non-hydrogen) atoms. The van der Waals surface area contributed by atoms with Crippen LogP contribution in [0.2, 0.25) is 5.02 Å². The van der Waals surface area contributed by atoms with Crippen LogP contribution >= 0.6 is 34.7 Å². The second kappa shape index (κ2) is 7.13. The number of halogens is 4. The fourth-order valence-corrected chi connectivity index (χ4v) is 3.75. The Morgan fingerprint density at radius 3 is 2.81 bits per heavy atom. The van der Waals surface area contributed by atoms with Crippen molar-refractivity contribution in [2.75, 3.05) is 0 Å². The summed E-state index contributed by atoms with van der Waals surface area (Å²) in [5.41, 5.74) is 0.321. The molecule has 0 atom stereocenters. The zero-order chi connectivity index (χ0) is 18.9. The molecule has 136 valence electrons. The number of alkyl halides is 3. The Hall–Kier alpha value is -2.31. The number of aromatic nitrogens is 4. The van der Waals surface area contributed by atoms with Crippen molar-refractivity contribution >= 4 is 40.7 Å². The van der Waals surface area contributed by atoms with Gasteiger partial charge in [-0.3, -0.25) is 5.10 Å². The molecule has 0 unspecified atom stereocenters. The molecule has 2 heterocycles. The van der Waals surface area contributed by atoms with Crippen LogP contribution in [-0.2, 0) is 0 Å². The highest BCUT2D eigenvalue weighted by Crippen LogP contribution is 2.36.